The molecule has 0 spiro atoms. The molecule has 0 fully saturated rings. The summed E-state index contributed by atoms with van der Waals surface area (Å²) in [5.74, 6) is 0.806. The molecular formula is C15H17N3. The van der Waals surface area contributed by atoms with Crippen molar-refractivity contribution >= 4 is 16.7 Å². The zero-order valence-corrected chi connectivity index (χ0v) is 10.6. The minimum Gasteiger partial charge on any atom is -0.290 e. The summed E-state index contributed by atoms with van der Waals surface area (Å²) in [4.78, 5) is 9.16. The van der Waals surface area contributed by atoms with Crippen molar-refractivity contribution in [3.8, 4) is 0 Å². The van der Waals surface area contributed by atoms with Crippen molar-refractivity contribution < 1.29 is 0 Å². The Morgan fingerprint density at radius 2 is 1.94 bits per heavy atom. The Labute approximate surface area is 106 Å². The number of benzene rings is 1. The normalized spacial score (nSPS) is 11.4. The highest BCUT2D eigenvalue weighted by atomic mass is 15.1. The van der Waals surface area contributed by atoms with Crippen molar-refractivity contribution in [3.05, 3.63) is 42.4 Å². The molecule has 0 aliphatic heterocycles. The molecule has 0 aliphatic carbocycles. The molecular weight excluding hydrogens is 222 g/mol. The Balaban J connectivity index is 1.98. The molecule has 0 amide bonds. The van der Waals surface area contributed by atoms with Gasteiger partial charge in [-0.05, 0) is 18.9 Å². The lowest BCUT2D eigenvalue weighted by Crippen LogP contribution is -1.88. The zero-order chi connectivity index (χ0) is 12.4. The summed E-state index contributed by atoms with van der Waals surface area (Å²) in [5, 5.41) is 1.16. The van der Waals surface area contributed by atoms with Gasteiger partial charge in [0.2, 0.25) is 5.78 Å². The van der Waals surface area contributed by atoms with E-state index in [1.807, 2.05) is 22.6 Å². The Kier molecular flexibility index (Phi) is 2.97. The van der Waals surface area contributed by atoms with Gasteiger partial charge in [-0.15, -0.1) is 0 Å². The fourth-order valence-corrected chi connectivity index (χ4v) is 2.24. The van der Waals surface area contributed by atoms with Crippen molar-refractivity contribution in [2.45, 2.75) is 32.6 Å². The maximum atomic E-state index is 4.59. The molecule has 2 aromatic heterocycles. The monoisotopic (exact) mass is 239 g/mol. The van der Waals surface area contributed by atoms with Crippen LogP contribution < -0.4 is 0 Å². The van der Waals surface area contributed by atoms with Crippen LogP contribution in [0.25, 0.3) is 16.7 Å². The minimum atomic E-state index is 0.806. The number of para-hydroxylation sites is 1. The minimum absolute atomic E-state index is 0.806. The van der Waals surface area contributed by atoms with Gasteiger partial charge in [-0.25, -0.2) is 9.97 Å². The molecule has 92 valence electrons. The fraction of sp³-hybridized carbons (Fsp3) is 0.333. The van der Waals surface area contributed by atoms with Crippen molar-refractivity contribution in [3.63, 3.8) is 0 Å². The number of imidazole rings is 1. The largest absolute Gasteiger partial charge is 0.290 e. The van der Waals surface area contributed by atoms with E-state index in [2.05, 4.69) is 35.4 Å². The van der Waals surface area contributed by atoms with E-state index in [0.29, 0.717) is 0 Å². The van der Waals surface area contributed by atoms with Gasteiger partial charge in [0.05, 0.1) is 11.2 Å². The summed E-state index contributed by atoms with van der Waals surface area (Å²) < 4.78 is 2.03. The quantitative estimate of drug-likeness (QED) is 0.651. The first-order valence-electron chi connectivity index (χ1n) is 6.60. The van der Waals surface area contributed by atoms with E-state index in [-0.39, 0.29) is 0 Å². The number of fused-ring (bicyclic) bond motifs is 2. The summed E-state index contributed by atoms with van der Waals surface area (Å²) in [6.07, 6.45) is 8.98. The molecule has 0 saturated heterocycles. The molecule has 3 nitrogen and oxygen atoms in total. The molecule has 3 rings (SSSR count). The van der Waals surface area contributed by atoms with Crippen LogP contribution in [0.4, 0.5) is 0 Å². The molecule has 18 heavy (non-hydrogen) atoms. The second kappa shape index (κ2) is 4.77. The van der Waals surface area contributed by atoms with E-state index in [4.69, 9.17) is 0 Å². The lowest BCUT2D eigenvalue weighted by Gasteiger charge is -1.97. The molecule has 0 unspecified atom stereocenters. The van der Waals surface area contributed by atoms with E-state index in [1.54, 1.807) is 0 Å². The van der Waals surface area contributed by atoms with Crippen molar-refractivity contribution in [1.82, 2.24) is 14.4 Å². The van der Waals surface area contributed by atoms with E-state index in [9.17, 15) is 0 Å². The summed E-state index contributed by atoms with van der Waals surface area (Å²) >= 11 is 0. The summed E-state index contributed by atoms with van der Waals surface area (Å²) in [6.45, 7) is 2.22. The van der Waals surface area contributed by atoms with Gasteiger partial charge in [-0.3, -0.25) is 4.40 Å². The van der Waals surface area contributed by atoms with Crippen LogP contribution in [-0.2, 0) is 6.42 Å². The average Bonchev–Trinajstić information content (AvgIpc) is 2.77. The Bertz CT molecular complexity index is 617. The Morgan fingerprint density at radius 1 is 1.06 bits per heavy atom. The van der Waals surface area contributed by atoms with Crippen LogP contribution >= 0.6 is 0 Å². The summed E-state index contributed by atoms with van der Waals surface area (Å²) in [6, 6.07) is 8.16. The second-order valence-corrected chi connectivity index (χ2v) is 4.70. The van der Waals surface area contributed by atoms with E-state index < -0.39 is 0 Å². The van der Waals surface area contributed by atoms with Crippen LogP contribution in [0.3, 0.4) is 0 Å². The summed E-state index contributed by atoms with van der Waals surface area (Å²) in [7, 11) is 0. The number of hydrogen-bond acceptors (Lipinski definition) is 2. The first kappa shape index (κ1) is 11.2. The third-order valence-corrected chi connectivity index (χ3v) is 3.23. The van der Waals surface area contributed by atoms with Gasteiger partial charge in [0, 0.05) is 17.8 Å². The smallest absolute Gasteiger partial charge is 0.234 e. The highest BCUT2D eigenvalue weighted by Gasteiger charge is 2.04. The van der Waals surface area contributed by atoms with Gasteiger partial charge in [0.25, 0.3) is 0 Å². The molecule has 0 bridgehead atoms. The van der Waals surface area contributed by atoms with Gasteiger partial charge in [-0.1, -0.05) is 38.0 Å². The van der Waals surface area contributed by atoms with Crippen LogP contribution in [0.5, 0.6) is 0 Å². The predicted octanol–water partition coefficient (Wildman–Crippen LogP) is 3.62. The molecule has 2 heterocycles. The van der Waals surface area contributed by atoms with Crippen molar-refractivity contribution in [2.24, 2.45) is 0 Å². The highest BCUT2D eigenvalue weighted by Crippen LogP contribution is 2.14. The molecule has 3 heteroatoms. The predicted molar refractivity (Wildman–Crippen MR) is 73.7 cm³/mol. The molecule has 0 atom stereocenters. The Hall–Kier alpha value is -1.90. The van der Waals surface area contributed by atoms with Crippen molar-refractivity contribution in [1.29, 1.82) is 0 Å². The van der Waals surface area contributed by atoms with Gasteiger partial charge >= 0.3 is 0 Å². The lowest BCUT2D eigenvalue weighted by atomic mass is 10.2. The molecule has 0 aliphatic rings. The molecule has 0 radical (unpaired) electrons. The lowest BCUT2D eigenvalue weighted by molar-refractivity contribution is 0.709. The fourth-order valence-electron chi connectivity index (χ4n) is 2.24. The first-order chi connectivity index (χ1) is 8.86. The molecule has 1 aromatic carbocycles. The van der Waals surface area contributed by atoms with Gasteiger partial charge in [0.1, 0.15) is 0 Å². The second-order valence-electron chi connectivity index (χ2n) is 4.70. The number of nitrogens with zero attached hydrogens (tertiary/aromatic N) is 3. The van der Waals surface area contributed by atoms with Crippen LogP contribution in [0, 0.1) is 0 Å². The van der Waals surface area contributed by atoms with Crippen LogP contribution in [0.2, 0.25) is 0 Å². The van der Waals surface area contributed by atoms with Gasteiger partial charge < -0.3 is 0 Å². The van der Waals surface area contributed by atoms with Crippen LogP contribution in [0.1, 0.15) is 31.9 Å². The maximum Gasteiger partial charge on any atom is 0.234 e. The Morgan fingerprint density at radius 3 is 2.83 bits per heavy atom. The van der Waals surface area contributed by atoms with E-state index in [0.717, 1.165) is 28.8 Å². The first-order valence-corrected chi connectivity index (χ1v) is 6.60. The highest BCUT2D eigenvalue weighted by molar-refractivity contribution is 5.79. The van der Waals surface area contributed by atoms with E-state index in [1.165, 1.54) is 19.3 Å². The summed E-state index contributed by atoms with van der Waals surface area (Å²) in [5.41, 5.74) is 2.15. The number of aromatic nitrogens is 3. The van der Waals surface area contributed by atoms with Crippen LogP contribution in [-0.4, -0.2) is 14.4 Å². The van der Waals surface area contributed by atoms with Crippen molar-refractivity contribution in [2.75, 3.05) is 0 Å². The van der Waals surface area contributed by atoms with Gasteiger partial charge in [-0.2, -0.15) is 0 Å². The maximum absolute atomic E-state index is 4.59. The third kappa shape index (κ3) is 2.08. The number of rotatable bonds is 4. The van der Waals surface area contributed by atoms with Crippen LogP contribution in [0.15, 0.2) is 36.7 Å². The zero-order valence-electron chi connectivity index (χ0n) is 10.6. The van der Waals surface area contributed by atoms with E-state index >= 15 is 0 Å². The SMILES string of the molecule is CCCCCc1cn2cc3ccccc3nc2n1. The molecule has 3 aromatic rings. The number of hydrogen-bond donors (Lipinski definition) is 0. The topological polar surface area (TPSA) is 30.2 Å². The third-order valence-electron chi connectivity index (χ3n) is 3.23. The number of unbranched alkanes of at least 4 members (excludes halogenated alkanes) is 2. The standard InChI is InChI=1S/C15H17N3/c1-2-3-4-8-13-11-18-10-12-7-5-6-9-14(12)17-15(18)16-13/h5-7,9-11H,2-4,8H2,1H3. The number of aryl methyl sites for hydroxylation is 1. The molecule has 0 saturated carbocycles. The van der Waals surface area contributed by atoms with Gasteiger partial charge in [0.15, 0.2) is 0 Å². The average molecular weight is 239 g/mol. The molecule has 0 N–H and O–H groups in total.